The summed E-state index contributed by atoms with van der Waals surface area (Å²) in [4.78, 5) is 14.3. The summed E-state index contributed by atoms with van der Waals surface area (Å²) in [5, 5.41) is 10.4. The minimum Gasteiger partial charge on any atom is -0.507 e. The van der Waals surface area contributed by atoms with Crippen LogP contribution in [0.4, 0.5) is 5.69 Å². The van der Waals surface area contributed by atoms with Crippen molar-refractivity contribution in [1.82, 2.24) is 0 Å². The number of phenolic OH excluding ortho intramolecular Hbond substituents is 1. The van der Waals surface area contributed by atoms with E-state index in [2.05, 4.69) is 13.8 Å². The summed E-state index contributed by atoms with van der Waals surface area (Å²) >= 11 is 0. The van der Waals surface area contributed by atoms with Crippen molar-refractivity contribution >= 4 is 11.6 Å². The lowest BCUT2D eigenvalue weighted by Crippen LogP contribution is -2.37. The van der Waals surface area contributed by atoms with Gasteiger partial charge < -0.3 is 10.0 Å². The van der Waals surface area contributed by atoms with Crippen molar-refractivity contribution in [3.63, 3.8) is 0 Å². The van der Waals surface area contributed by atoms with E-state index >= 15 is 0 Å². The van der Waals surface area contributed by atoms with Crippen LogP contribution in [0.3, 0.4) is 0 Å². The van der Waals surface area contributed by atoms with Gasteiger partial charge in [0.15, 0.2) is 0 Å². The topological polar surface area (TPSA) is 40.5 Å². The van der Waals surface area contributed by atoms with Crippen LogP contribution < -0.4 is 4.90 Å². The lowest BCUT2D eigenvalue weighted by atomic mass is 10.0. The van der Waals surface area contributed by atoms with Crippen molar-refractivity contribution in [3.05, 3.63) is 48.5 Å². The maximum atomic E-state index is 12.5. The van der Waals surface area contributed by atoms with Crippen LogP contribution in [0.1, 0.15) is 27.7 Å². The molecule has 0 aliphatic rings. The fourth-order valence-electron chi connectivity index (χ4n) is 2.55. The van der Waals surface area contributed by atoms with E-state index in [0.29, 0.717) is 12.5 Å². The quantitative estimate of drug-likeness (QED) is 0.869. The van der Waals surface area contributed by atoms with Gasteiger partial charge in [0.1, 0.15) is 5.75 Å². The van der Waals surface area contributed by atoms with E-state index in [9.17, 15) is 9.90 Å². The van der Waals surface area contributed by atoms with Gasteiger partial charge in [0, 0.05) is 29.8 Å². The molecule has 0 atom stereocenters. The first-order chi connectivity index (χ1) is 10.9. The van der Waals surface area contributed by atoms with Gasteiger partial charge in [-0.2, -0.15) is 0 Å². The molecule has 0 saturated heterocycles. The van der Waals surface area contributed by atoms with Crippen molar-refractivity contribution in [2.45, 2.75) is 27.7 Å². The molecule has 0 aliphatic carbocycles. The number of hydrogen-bond acceptors (Lipinski definition) is 2. The second-order valence-corrected chi connectivity index (χ2v) is 6.56. The molecule has 0 saturated carbocycles. The third kappa shape index (κ3) is 4.13. The number of carbonyl (C=O) groups excluding carboxylic acids is 1. The fraction of sp³-hybridized carbons (Fsp3) is 0.350. The second kappa shape index (κ2) is 7.32. The number of aromatic hydroxyl groups is 1. The Morgan fingerprint density at radius 2 is 1.70 bits per heavy atom. The molecule has 0 spiro atoms. The maximum Gasteiger partial charge on any atom is 0.229 e. The van der Waals surface area contributed by atoms with Crippen molar-refractivity contribution in [2.24, 2.45) is 11.8 Å². The average Bonchev–Trinajstić information content (AvgIpc) is 2.52. The molecule has 0 unspecified atom stereocenters. The van der Waals surface area contributed by atoms with Crippen LogP contribution in [-0.2, 0) is 4.79 Å². The zero-order valence-electron chi connectivity index (χ0n) is 14.3. The monoisotopic (exact) mass is 311 g/mol. The summed E-state index contributed by atoms with van der Waals surface area (Å²) < 4.78 is 0. The summed E-state index contributed by atoms with van der Waals surface area (Å²) in [6, 6.07) is 15.2. The van der Waals surface area contributed by atoms with E-state index in [0.717, 1.165) is 16.8 Å². The predicted octanol–water partition coefficient (Wildman–Crippen LogP) is 4.70. The SMILES string of the molecule is CC(C)CN(C(=O)C(C)C)c1ccc(-c2ccccc2)c(O)c1. The number of rotatable bonds is 5. The minimum atomic E-state index is -0.0790. The molecule has 0 heterocycles. The zero-order valence-corrected chi connectivity index (χ0v) is 14.3. The third-order valence-corrected chi connectivity index (χ3v) is 3.69. The molecule has 0 fully saturated rings. The van der Waals surface area contributed by atoms with E-state index < -0.39 is 0 Å². The Morgan fingerprint density at radius 1 is 1.04 bits per heavy atom. The average molecular weight is 311 g/mol. The summed E-state index contributed by atoms with van der Waals surface area (Å²) in [6.07, 6.45) is 0. The Bertz CT molecular complexity index is 663. The number of hydrogen-bond donors (Lipinski definition) is 1. The van der Waals surface area contributed by atoms with Crippen molar-refractivity contribution < 1.29 is 9.90 Å². The first kappa shape index (κ1) is 17.1. The summed E-state index contributed by atoms with van der Waals surface area (Å²) in [5.74, 6) is 0.544. The highest BCUT2D eigenvalue weighted by molar-refractivity contribution is 5.95. The Morgan fingerprint density at radius 3 is 2.22 bits per heavy atom. The van der Waals surface area contributed by atoms with Gasteiger partial charge in [-0.3, -0.25) is 4.79 Å². The molecule has 2 aromatic rings. The smallest absolute Gasteiger partial charge is 0.229 e. The Hall–Kier alpha value is -2.29. The van der Waals surface area contributed by atoms with Gasteiger partial charge in [0.2, 0.25) is 5.91 Å². The zero-order chi connectivity index (χ0) is 17.0. The van der Waals surface area contributed by atoms with Gasteiger partial charge in [0.05, 0.1) is 0 Å². The molecule has 3 nitrogen and oxygen atoms in total. The lowest BCUT2D eigenvalue weighted by Gasteiger charge is -2.27. The summed E-state index contributed by atoms with van der Waals surface area (Å²) in [5.41, 5.74) is 2.48. The highest BCUT2D eigenvalue weighted by Gasteiger charge is 2.21. The van der Waals surface area contributed by atoms with Crippen LogP contribution in [0.2, 0.25) is 0 Å². The molecule has 1 amide bonds. The van der Waals surface area contributed by atoms with Crippen LogP contribution in [0.5, 0.6) is 5.75 Å². The highest BCUT2D eigenvalue weighted by atomic mass is 16.3. The van der Waals surface area contributed by atoms with Crippen LogP contribution >= 0.6 is 0 Å². The highest BCUT2D eigenvalue weighted by Crippen LogP contribution is 2.33. The van der Waals surface area contributed by atoms with Gasteiger partial charge in [-0.1, -0.05) is 58.0 Å². The number of anilines is 1. The summed E-state index contributed by atoms with van der Waals surface area (Å²) in [6.45, 7) is 8.60. The predicted molar refractivity (Wildman–Crippen MR) is 95.6 cm³/mol. The maximum absolute atomic E-state index is 12.5. The normalized spacial score (nSPS) is 11.0. The molecular weight excluding hydrogens is 286 g/mol. The lowest BCUT2D eigenvalue weighted by molar-refractivity contribution is -0.121. The number of benzene rings is 2. The molecule has 3 heteroatoms. The van der Waals surface area contributed by atoms with Crippen LogP contribution in [0.25, 0.3) is 11.1 Å². The molecule has 0 aromatic heterocycles. The minimum absolute atomic E-state index is 0.0746. The van der Waals surface area contributed by atoms with Crippen molar-refractivity contribution in [2.75, 3.05) is 11.4 Å². The van der Waals surface area contributed by atoms with E-state index in [1.807, 2.05) is 56.3 Å². The number of amides is 1. The van der Waals surface area contributed by atoms with Gasteiger partial charge in [-0.25, -0.2) is 0 Å². The Labute approximate surface area is 138 Å². The molecule has 2 aromatic carbocycles. The molecule has 0 bridgehead atoms. The number of phenols is 1. The molecule has 2 rings (SSSR count). The van der Waals surface area contributed by atoms with Gasteiger partial charge >= 0.3 is 0 Å². The number of carbonyl (C=O) groups is 1. The molecule has 0 aliphatic heterocycles. The van der Waals surface area contributed by atoms with Crippen LogP contribution in [-0.4, -0.2) is 17.6 Å². The molecular formula is C20H25NO2. The molecule has 0 radical (unpaired) electrons. The third-order valence-electron chi connectivity index (χ3n) is 3.69. The van der Waals surface area contributed by atoms with Crippen LogP contribution in [0.15, 0.2) is 48.5 Å². The van der Waals surface area contributed by atoms with Gasteiger partial charge in [-0.15, -0.1) is 0 Å². The van der Waals surface area contributed by atoms with E-state index in [1.54, 1.807) is 11.0 Å². The van der Waals surface area contributed by atoms with Crippen molar-refractivity contribution in [3.8, 4) is 16.9 Å². The molecule has 1 N–H and O–H groups in total. The molecule has 23 heavy (non-hydrogen) atoms. The fourth-order valence-corrected chi connectivity index (χ4v) is 2.55. The van der Waals surface area contributed by atoms with E-state index in [-0.39, 0.29) is 17.6 Å². The second-order valence-electron chi connectivity index (χ2n) is 6.56. The van der Waals surface area contributed by atoms with E-state index in [1.165, 1.54) is 0 Å². The molecule has 122 valence electrons. The first-order valence-electron chi connectivity index (χ1n) is 8.10. The van der Waals surface area contributed by atoms with Crippen LogP contribution in [0, 0.1) is 11.8 Å². The van der Waals surface area contributed by atoms with E-state index in [4.69, 9.17) is 0 Å². The first-order valence-corrected chi connectivity index (χ1v) is 8.10. The Kier molecular flexibility index (Phi) is 5.43. The van der Waals surface area contributed by atoms with Gasteiger partial charge in [0.25, 0.3) is 0 Å². The standard InChI is InChI=1S/C20H25NO2/c1-14(2)13-21(20(23)15(3)4)17-10-11-18(19(22)12-17)16-8-6-5-7-9-16/h5-12,14-15,22H,13H2,1-4H3. The van der Waals surface area contributed by atoms with Crippen molar-refractivity contribution in [1.29, 1.82) is 0 Å². The number of nitrogens with zero attached hydrogens (tertiary/aromatic N) is 1. The summed E-state index contributed by atoms with van der Waals surface area (Å²) in [7, 11) is 0. The van der Waals surface area contributed by atoms with Gasteiger partial charge in [-0.05, 0) is 23.6 Å². The Balaban J connectivity index is 2.38. The largest absolute Gasteiger partial charge is 0.507 e.